The first kappa shape index (κ1) is 22.3. The number of rotatable bonds is 7. The van der Waals surface area contributed by atoms with Crippen molar-refractivity contribution in [1.29, 1.82) is 0 Å². The van der Waals surface area contributed by atoms with E-state index in [4.69, 9.17) is 4.42 Å². The molecule has 1 saturated carbocycles. The number of nitrogens with one attached hydrogen (secondary N) is 1. The third kappa shape index (κ3) is 4.35. The van der Waals surface area contributed by atoms with Gasteiger partial charge in [0.1, 0.15) is 17.0 Å². The number of piperidine rings is 1. The van der Waals surface area contributed by atoms with Gasteiger partial charge in [-0.25, -0.2) is 0 Å². The van der Waals surface area contributed by atoms with E-state index in [2.05, 4.69) is 10.2 Å². The number of carbonyl (C=O) groups excluding carboxylic acids is 2. The average Bonchev–Trinajstić information content (AvgIpc) is 3.58. The van der Waals surface area contributed by atoms with Crippen molar-refractivity contribution in [1.82, 2.24) is 19.7 Å². The highest BCUT2D eigenvalue weighted by Crippen LogP contribution is 2.34. The normalized spacial score (nSPS) is 24.3. The standard InChI is InChI=1S/C26H36N4O3/c1-26(25(32)27-20-9-3-4-10-20)19-29-21(23-11-7-18-33-23)12-13-22(29)24(31)30(26)17-8-16-28-14-5-2-6-15-28/h7,11-13,18,20H,2-6,8-10,14-17,19H2,1H3,(H,27,32)/t26-/m1/s1. The number of carbonyl (C=O) groups is 2. The van der Waals surface area contributed by atoms with Crippen molar-refractivity contribution in [3.8, 4) is 11.5 Å². The van der Waals surface area contributed by atoms with Crippen LogP contribution < -0.4 is 5.32 Å². The molecule has 2 amide bonds. The van der Waals surface area contributed by atoms with Crippen molar-refractivity contribution in [2.45, 2.75) is 76.4 Å². The molecule has 0 radical (unpaired) electrons. The van der Waals surface area contributed by atoms with E-state index in [0.717, 1.165) is 57.4 Å². The lowest BCUT2D eigenvalue weighted by Crippen LogP contribution is -2.65. The number of aromatic nitrogens is 1. The zero-order valence-electron chi connectivity index (χ0n) is 19.7. The van der Waals surface area contributed by atoms with Crippen LogP contribution in [0.15, 0.2) is 34.9 Å². The molecule has 7 nitrogen and oxygen atoms in total. The van der Waals surface area contributed by atoms with Crippen LogP contribution in [0.3, 0.4) is 0 Å². The molecular weight excluding hydrogens is 416 g/mol. The molecule has 2 aromatic heterocycles. The Morgan fingerprint density at radius 3 is 2.55 bits per heavy atom. The average molecular weight is 453 g/mol. The minimum Gasteiger partial charge on any atom is -0.463 e. The summed E-state index contributed by atoms with van der Waals surface area (Å²) in [5.41, 5.74) is 0.538. The van der Waals surface area contributed by atoms with Gasteiger partial charge in [0.25, 0.3) is 5.91 Å². The first-order valence-corrected chi connectivity index (χ1v) is 12.6. The molecule has 1 saturated heterocycles. The maximum atomic E-state index is 13.7. The molecule has 3 aliphatic rings. The molecule has 1 aliphatic carbocycles. The second kappa shape index (κ2) is 9.37. The summed E-state index contributed by atoms with van der Waals surface area (Å²) < 4.78 is 7.59. The summed E-state index contributed by atoms with van der Waals surface area (Å²) >= 11 is 0. The van der Waals surface area contributed by atoms with Gasteiger partial charge in [-0.2, -0.15) is 0 Å². The van der Waals surface area contributed by atoms with Crippen molar-refractivity contribution in [2.75, 3.05) is 26.2 Å². The molecule has 0 bridgehead atoms. The Kier molecular flexibility index (Phi) is 6.32. The van der Waals surface area contributed by atoms with Gasteiger partial charge in [-0.15, -0.1) is 0 Å². The molecule has 5 rings (SSSR count). The number of fused-ring (bicyclic) bond motifs is 1. The van der Waals surface area contributed by atoms with Gasteiger partial charge in [0.05, 0.1) is 18.5 Å². The molecule has 0 aromatic carbocycles. The molecule has 2 aliphatic heterocycles. The van der Waals surface area contributed by atoms with E-state index in [1.807, 2.05) is 40.7 Å². The summed E-state index contributed by atoms with van der Waals surface area (Å²) in [4.78, 5) is 31.7. The van der Waals surface area contributed by atoms with Crippen LogP contribution in [-0.2, 0) is 11.3 Å². The molecule has 33 heavy (non-hydrogen) atoms. The van der Waals surface area contributed by atoms with E-state index >= 15 is 0 Å². The lowest BCUT2D eigenvalue weighted by Gasteiger charge is -2.45. The Morgan fingerprint density at radius 2 is 1.82 bits per heavy atom. The highest BCUT2D eigenvalue weighted by atomic mass is 16.3. The van der Waals surface area contributed by atoms with Gasteiger partial charge >= 0.3 is 0 Å². The first-order valence-electron chi connectivity index (χ1n) is 12.6. The second-order valence-electron chi connectivity index (χ2n) is 10.1. The minimum absolute atomic E-state index is 0.0366. The Labute approximate surface area is 196 Å². The molecule has 7 heteroatoms. The van der Waals surface area contributed by atoms with Crippen LogP contribution in [-0.4, -0.2) is 63.9 Å². The summed E-state index contributed by atoms with van der Waals surface area (Å²) in [6.45, 7) is 6.21. The second-order valence-corrected chi connectivity index (χ2v) is 10.1. The number of amides is 2. The SMILES string of the molecule is C[C@]1(C(=O)NC2CCCC2)Cn2c(ccc2-c2ccco2)C(=O)N1CCCN1CCCCC1. The van der Waals surface area contributed by atoms with Crippen LogP contribution in [0.25, 0.3) is 11.5 Å². The predicted molar refractivity (Wildman–Crippen MR) is 127 cm³/mol. The number of hydrogen-bond donors (Lipinski definition) is 1. The van der Waals surface area contributed by atoms with Gasteiger partial charge < -0.3 is 24.1 Å². The van der Waals surface area contributed by atoms with Gasteiger partial charge in [-0.1, -0.05) is 19.3 Å². The number of furan rings is 1. The van der Waals surface area contributed by atoms with Crippen molar-refractivity contribution in [3.05, 3.63) is 36.2 Å². The van der Waals surface area contributed by atoms with Crippen molar-refractivity contribution in [2.24, 2.45) is 0 Å². The van der Waals surface area contributed by atoms with Gasteiger partial charge in [0.15, 0.2) is 0 Å². The summed E-state index contributed by atoms with van der Waals surface area (Å²) in [5.74, 6) is 0.610. The molecule has 0 unspecified atom stereocenters. The van der Waals surface area contributed by atoms with Crippen LogP contribution in [0, 0.1) is 0 Å². The molecule has 2 fully saturated rings. The van der Waals surface area contributed by atoms with Gasteiger partial charge in [-0.05, 0) is 82.9 Å². The third-order valence-electron chi connectivity index (χ3n) is 7.76. The van der Waals surface area contributed by atoms with E-state index in [1.165, 1.54) is 19.3 Å². The Hall–Kier alpha value is -2.54. The lowest BCUT2D eigenvalue weighted by atomic mass is 9.93. The van der Waals surface area contributed by atoms with Gasteiger partial charge in [0.2, 0.25) is 5.91 Å². The molecule has 0 spiro atoms. The van der Waals surface area contributed by atoms with Gasteiger partial charge in [-0.3, -0.25) is 9.59 Å². The molecule has 4 heterocycles. The van der Waals surface area contributed by atoms with Crippen molar-refractivity contribution in [3.63, 3.8) is 0 Å². The number of hydrogen-bond acceptors (Lipinski definition) is 4. The minimum atomic E-state index is -0.936. The van der Waals surface area contributed by atoms with E-state index < -0.39 is 5.54 Å². The number of nitrogens with zero attached hydrogens (tertiary/aromatic N) is 3. The largest absolute Gasteiger partial charge is 0.463 e. The summed E-state index contributed by atoms with van der Waals surface area (Å²) in [6, 6.07) is 7.76. The van der Waals surface area contributed by atoms with Crippen molar-refractivity contribution >= 4 is 11.8 Å². The quantitative estimate of drug-likeness (QED) is 0.692. The highest BCUT2D eigenvalue weighted by molar-refractivity contribution is 6.00. The van der Waals surface area contributed by atoms with E-state index in [1.54, 1.807) is 6.26 Å². The summed E-state index contributed by atoms with van der Waals surface area (Å²) in [6.07, 6.45) is 10.7. The highest BCUT2D eigenvalue weighted by Gasteiger charge is 2.48. The lowest BCUT2D eigenvalue weighted by molar-refractivity contribution is -0.133. The van der Waals surface area contributed by atoms with Crippen LogP contribution in [0.2, 0.25) is 0 Å². The Balaban J connectivity index is 1.40. The fraction of sp³-hybridized carbons (Fsp3) is 0.615. The molecule has 1 N–H and O–H groups in total. The van der Waals surface area contributed by atoms with E-state index in [9.17, 15) is 9.59 Å². The third-order valence-corrected chi connectivity index (χ3v) is 7.76. The molecule has 2 aromatic rings. The summed E-state index contributed by atoms with van der Waals surface area (Å²) in [5, 5.41) is 3.28. The van der Waals surface area contributed by atoms with Crippen LogP contribution in [0.4, 0.5) is 0 Å². The Morgan fingerprint density at radius 1 is 1.06 bits per heavy atom. The van der Waals surface area contributed by atoms with Crippen LogP contribution in [0.1, 0.15) is 68.8 Å². The van der Waals surface area contributed by atoms with E-state index in [-0.39, 0.29) is 17.9 Å². The zero-order valence-corrected chi connectivity index (χ0v) is 19.7. The topological polar surface area (TPSA) is 70.7 Å². The van der Waals surface area contributed by atoms with Gasteiger partial charge in [0, 0.05) is 12.6 Å². The fourth-order valence-electron chi connectivity index (χ4n) is 5.81. The van der Waals surface area contributed by atoms with Crippen LogP contribution in [0.5, 0.6) is 0 Å². The Bertz CT molecular complexity index is 970. The van der Waals surface area contributed by atoms with E-state index in [0.29, 0.717) is 24.5 Å². The predicted octanol–water partition coefficient (Wildman–Crippen LogP) is 3.90. The molecule has 178 valence electrons. The maximum Gasteiger partial charge on any atom is 0.271 e. The number of likely N-dealkylation sites (tertiary alicyclic amines) is 1. The fourth-order valence-corrected chi connectivity index (χ4v) is 5.81. The molecule has 1 atom stereocenters. The maximum absolute atomic E-state index is 13.7. The monoisotopic (exact) mass is 452 g/mol. The first-order chi connectivity index (χ1) is 16.1. The molecular formula is C26H36N4O3. The van der Waals surface area contributed by atoms with Crippen LogP contribution >= 0.6 is 0 Å². The summed E-state index contributed by atoms with van der Waals surface area (Å²) in [7, 11) is 0. The smallest absolute Gasteiger partial charge is 0.271 e. The van der Waals surface area contributed by atoms with Crippen molar-refractivity contribution < 1.29 is 14.0 Å². The zero-order chi connectivity index (χ0) is 22.8.